The monoisotopic (exact) mass is 771 g/mol. The van der Waals surface area contributed by atoms with Crippen molar-refractivity contribution in [2.75, 3.05) is 0 Å². The fourth-order valence-corrected chi connectivity index (χ4v) is 13.5. The van der Waals surface area contributed by atoms with Crippen LogP contribution in [0.25, 0.3) is 5.57 Å². The zero-order valence-electron chi connectivity index (χ0n) is 35.3. The van der Waals surface area contributed by atoms with Crippen molar-refractivity contribution in [2.45, 2.75) is 114 Å². The van der Waals surface area contributed by atoms with Gasteiger partial charge in [0.15, 0.2) is 0 Å². The summed E-state index contributed by atoms with van der Waals surface area (Å²) in [5.41, 5.74) is 16.6. The molecule has 3 aromatic carbocycles. The Labute approximate surface area is 354 Å². The summed E-state index contributed by atoms with van der Waals surface area (Å²) in [6.07, 6.45) is 45.0. The fraction of sp³-hybridized carbons (Fsp3) is 0.379. The van der Waals surface area contributed by atoms with E-state index in [1.54, 1.807) is 22.4 Å². The predicted octanol–water partition coefficient (Wildman–Crippen LogP) is 14.6. The fourth-order valence-electron chi connectivity index (χ4n) is 13.5. The third-order valence-corrected chi connectivity index (χ3v) is 16.3. The third kappa shape index (κ3) is 6.08. The van der Waals surface area contributed by atoms with Crippen molar-refractivity contribution in [3.05, 3.63) is 208 Å². The Kier molecular flexibility index (Phi) is 9.44. The molecule has 0 aliphatic heterocycles. The molecular formula is C58H61N. The van der Waals surface area contributed by atoms with Crippen LogP contribution in [0, 0.1) is 23.7 Å². The van der Waals surface area contributed by atoms with E-state index in [0.29, 0.717) is 17.9 Å². The molecule has 0 bridgehead atoms. The second-order valence-corrected chi connectivity index (χ2v) is 19.5. The first-order valence-electron chi connectivity index (χ1n) is 23.3. The van der Waals surface area contributed by atoms with Gasteiger partial charge in [-0.15, -0.1) is 0 Å². The lowest BCUT2D eigenvalue weighted by Gasteiger charge is -2.44. The van der Waals surface area contributed by atoms with Gasteiger partial charge in [0, 0.05) is 28.6 Å². The van der Waals surface area contributed by atoms with Gasteiger partial charge in [0.05, 0.1) is 11.5 Å². The van der Waals surface area contributed by atoms with E-state index in [2.05, 4.69) is 171 Å². The van der Waals surface area contributed by atoms with Gasteiger partial charge < -0.3 is 4.90 Å². The maximum absolute atomic E-state index is 2.86. The summed E-state index contributed by atoms with van der Waals surface area (Å²) in [7, 11) is 0. The molecule has 1 heteroatoms. The van der Waals surface area contributed by atoms with Crippen LogP contribution in [0.1, 0.15) is 125 Å². The van der Waals surface area contributed by atoms with Crippen molar-refractivity contribution in [3.8, 4) is 0 Å². The summed E-state index contributed by atoms with van der Waals surface area (Å²) < 4.78 is 0. The van der Waals surface area contributed by atoms with Crippen LogP contribution in [0.5, 0.6) is 0 Å². The molecule has 0 aromatic heterocycles. The van der Waals surface area contributed by atoms with E-state index in [0.717, 1.165) is 37.0 Å². The maximum atomic E-state index is 2.86. The number of nitrogens with zero attached hydrogens (tertiary/aromatic N) is 1. The van der Waals surface area contributed by atoms with Crippen molar-refractivity contribution in [2.24, 2.45) is 23.7 Å². The first kappa shape index (κ1) is 37.1. The van der Waals surface area contributed by atoms with Crippen LogP contribution in [0.4, 0.5) is 0 Å². The minimum Gasteiger partial charge on any atom is -0.342 e. The van der Waals surface area contributed by atoms with Gasteiger partial charge in [-0.25, -0.2) is 0 Å². The highest BCUT2D eigenvalue weighted by molar-refractivity contribution is 5.83. The number of fused-ring (bicyclic) bond motifs is 5. The maximum Gasteiger partial charge on any atom is 0.0553 e. The van der Waals surface area contributed by atoms with Gasteiger partial charge in [-0.1, -0.05) is 178 Å². The van der Waals surface area contributed by atoms with Crippen LogP contribution in [0.3, 0.4) is 0 Å². The molecule has 0 spiro atoms. The Morgan fingerprint density at radius 3 is 2.32 bits per heavy atom. The molecule has 8 aliphatic carbocycles. The van der Waals surface area contributed by atoms with Gasteiger partial charge >= 0.3 is 0 Å². The average Bonchev–Trinajstić information content (AvgIpc) is 3.73. The van der Waals surface area contributed by atoms with Crippen LogP contribution >= 0.6 is 0 Å². The molecule has 1 fully saturated rings. The molecule has 3 aromatic rings. The van der Waals surface area contributed by atoms with Crippen LogP contribution < -0.4 is 0 Å². The molecule has 0 radical (unpaired) electrons. The molecule has 0 amide bonds. The van der Waals surface area contributed by atoms with Crippen molar-refractivity contribution in [1.82, 2.24) is 4.90 Å². The number of hydrogen-bond donors (Lipinski definition) is 0. The summed E-state index contributed by atoms with van der Waals surface area (Å²) >= 11 is 0. The number of rotatable bonds is 7. The highest BCUT2D eigenvalue weighted by atomic mass is 15.2. The van der Waals surface area contributed by atoms with E-state index in [9.17, 15) is 0 Å². The number of benzene rings is 3. The minimum atomic E-state index is -0.224. The Morgan fingerprint density at radius 1 is 0.678 bits per heavy atom. The van der Waals surface area contributed by atoms with Crippen LogP contribution in [0.2, 0.25) is 0 Å². The second kappa shape index (κ2) is 15.0. The van der Waals surface area contributed by atoms with Gasteiger partial charge in [-0.2, -0.15) is 0 Å². The molecule has 0 N–H and O–H groups in total. The summed E-state index contributed by atoms with van der Waals surface area (Å²) in [5, 5.41) is 0. The largest absolute Gasteiger partial charge is 0.342 e. The van der Waals surface area contributed by atoms with Gasteiger partial charge in [-0.05, 0) is 133 Å². The van der Waals surface area contributed by atoms with Crippen molar-refractivity contribution in [3.63, 3.8) is 0 Å². The predicted molar refractivity (Wildman–Crippen MR) is 247 cm³/mol. The first-order chi connectivity index (χ1) is 29.0. The van der Waals surface area contributed by atoms with E-state index in [1.165, 1.54) is 96.9 Å². The summed E-state index contributed by atoms with van der Waals surface area (Å²) in [6, 6.07) is 30.3. The van der Waals surface area contributed by atoms with Crippen molar-refractivity contribution in [1.29, 1.82) is 0 Å². The summed E-state index contributed by atoms with van der Waals surface area (Å²) in [4.78, 5) is 2.86. The smallest absolute Gasteiger partial charge is 0.0553 e. The molecule has 1 nitrogen and oxygen atoms in total. The van der Waals surface area contributed by atoms with Gasteiger partial charge in [0.2, 0.25) is 0 Å². The SMILES string of the molecule is CC1(C)C2=C(CCC(N(C3=CCC(C4CCCC(C5=CC=CCC5)C4)CC3)C3C=CC(C4(c5ccccc5)c5ccccc5C5C=CC=CC54)=CC3)=C2)c2ccccc21. The molecule has 8 aliphatic rings. The third-order valence-electron chi connectivity index (χ3n) is 16.3. The van der Waals surface area contributed by atoms with Crippen molar-refractivity contribution < 1.29 is 0 Å². The van der Waals surface area contributed by atoms with Crippen LogP contribution in [-0.4, -0.2) is 10.9 Å². The Hall–Kier alpha value is -4.88. The molecule has 0 saturated heterocycles. The highest BCUT2D eigenvalue weighted by Crippen LogP contribution is 2.60. The average molecular weight is 772 g/mol. The van der Waals surface area contributed by atoms with Crippen LogP contribution in [-0.2, 0) is 10.8 Å². The second-order valence-electron chi connectivity index (χ2n) is 19.5. The Morgan fingerprint density at radius 2 is 1.51 bits per heavy atom. The van der Waals surface area contributed by atoms with E-state index < -0.39 is 0 Å². The van der Waals surface area contributed by atoms with Gasteiger partial charge in [0.1, 0.15) is 0 Å². The van der Waals surface area contributed by atoms with E-state index in [1.807, 2.05) is 0 Å². The molecule has 0 heterocycles. The molecule has 59 heavy (non-hydrogen) atoms. The molecule has 298 valence electrons. The molecule has 7 atom stereocenters. The lowest BCUT2D eigenvalue weighted by molar-refractivity contribution is 0.189. The van der Waals surface area contributed by atoms with E-state index in [4.69, 9.17) is 0 Å². The highest BCUT2D eigenvalue weighted by Gasteiger charge is 2.53. The summed E-state index contributed by atoms with van der Waals surface area (Å²) in [5.74, 6) is 3.21. The first-order valence-corrected chi connectivity index (χ1v) is 23.3. The standard InChI is InChI=1S/C58H61N/c1-57(2)53-25-12-9-22-49(53)52-37-36-48(39-56(52)57)59(46-32-28-41(29-33-46)43-19-15-18-42(38-43)40-16-5-3-6-17-40)47-34-30-45(31-35-47)58(44-20-7-4-8-21-44)54-26-13-10-23-50(54)51-24-11-14-27-55(51)58/h3-5,7-14,16,20-27,30-32,34,39,41-43,47,50,54H,6,15,17-19,28-29,33,35-38H2,1-2H3. The molecule has 1 saturated carbocycles. The van der Waals surface area contributed by atoms with Crippen molar-refractivity contribution >= 4 is 5.57 Å². The number of allylic oxidation sites excluding steroid dienone is 16. The van der Waals surface area contributed by atoms with E-state index in [-0.39, 0.29) is 10.8 Å². The Balaban J connectivity index is 0.945. The topological polar surface area (TPSA) is 3.24 Å². The lowest BCUT2D eigenvalue weighted by Crippen LogP contribution is -2.39. The normalized spacial score (nSPS) is 31.4. The van der Waals surface area contributed by atoms with Gasteiger partial charge in [-0.3, -0.25) is 0 Å². The van der Waals surface area contributed by atoms with Gasteiger partial charge in [0.25, 0.3) is 0 Å². The minimum absolute atomic E-state index is 0.0162. The van der Waals surface area contributed by atoms with Crippen LogP contribution in [0.15, 0.2) is 180 Å². The summed E-state index contributed by atoms with van der Waals surface area (Å²) in [6.45, 7) is 4.92. The quantitative estimate of drug-likeness (QED) is 0.231. The zero-order chi connectivity index (χ0) is 39.6. The molecule has 11 rings (SSSR count). The van der Waals surface area contributed by atoms with E-state index >= 15 is 0 Å². The number of hydrogen-bond acceptors (Lipinski definition) is 1. The Bertz CT molecular complexity index is 2420. The zero-order valence-corrected chi connectivity index (χ0v) is 35.3. The molecular weight excluding hydrogens is 711 g/mol. The lowest BCUT2D eigenvalue weighted by atomic mass is 9.62. The molecule has 7 unspecified atom stereocenters.